The number of para-hydroxylation sites is 1. The van der Waals surface area contributed by atoms with Gasteiger partial charge in [0.15, 0.2) is 5.65 Å². The number of hydrogen-bond acceptors (Lipinski definition) is 4. The van der Waals surface area contributed by atoms with E-state index in [1.54, 1.807) is 0 Å². The van der Waals surface area contributed by atoms with Crippen molar-refractivity contribution in [1.29, 1.82) is 0 Å². The maximum absolute atomic E-state index is 6.05. The second kappa shape index (κ2) is 6.38. The van der Waals surface area contributed by atoms with Crippen LogP contribution >= 0.6 is 0 Å². The van der Waals surface area contributed by atoms with Gasteiger partial charge in [0, 0.05) is 19.3 Å². The van der Waals surface area contributed by atoms with E-state index in [-0.39, 0.29) is 0 Å². The third kappa shape index (κ3) is 3.05. The summed E-state index contributed by atoms with van der Waals surface area (Å²) in [6.07, 6.45) is 1.85. The van der Waals surface area contributed by atoms with Crippen molar-refractivity contribution in [3.63, 3.8) is 0 Å². The molecule has 0 amide bonds. The van der Waals surface area contributed by atoms with E-state index in [0.717, 1.165) is 39.4 Å². The molecule has 0 aliphatic carbocycles. The second-order valence-corrected chi connectivity index (χ2v) is 5.83. The van der Waals surface area contributed by atoms with Crippen molar-refractivity contribution >= 4 is 11.2 Å². The molecule has 0 unspecified atom stereocenters. The summed E-state index contributed by atoms with van der Waals surface area (Å²) in [5, 5.41) is 0. The Morgan fingerprint density at radius 3 is 2.61 bits per heavy atom. The average Bonchev–Trinajstić information content (AvgIpc) is 2.84. The van der Waals surface area contributed by atoms with Gasteiger partial charge in [0.05, 0.1) is 0 Å². The topological polar surface area (TPSA) is 66.0 Å². The third-order valence-electron chi connectivity index (χ3n) is 3.91. The first kappa shape index (κ1) is 15.5. The summed E-state index contributed by atoms with van der Waals surface area (Å²) in [5.74, 6) is 1.77. The van der Waals surface area contributed by atoms with E-state index < -0.39 is 0 Å². The van der Waals surface area contributed by atoms with Crippen LogP contribution in [0.15, 0.2) is 30.5 Å². The molecule has 0 saturated heterocycles. The van der Waals surface area contributed by atoms with E-state index in [2.05, 4.69) is 35.9 Å². The van der Waals surface area contributed by atoms with Crippen LogP contribution < -0.4 is 10.5 Å². The largest absolute Gasteiger partial charge is 0.485 e. The first-order valence-corrected chi connectivity index (χ1v) is 7.81. The third-order valence-corrected chi connectivity index (χ3v) is 3.91. The Hall–Kier alpha value is -2.40. The van der Waals surface area contributed by atoms with Crippen molar-refractivity contribution in [1.82, 2.24) is 14.5 Å². The van der Waals surface area contributed by atoms with Gasteiger partial charge in [0.25, 0.3) is 0 Å². The molecule has 5 nitrogen and oxygen atoms in total. The van der Waals surface area contributed by atoms with Crippen molar-refractivity contribution in [2.24, 2.45) is 5.73 Å². The highest BCUT2D eigenvalue weighted by Gasteiger charge is 2.13. The van der Waals surface area contributed by atoms with Gasteiger partial charge in [0.1, 0.15) is 23.7 Å². The number of nitrogens with zero attached hydrogens (tertiary/aromatic N) is 3. The molecule has 0 aliphatic rings. The quantitative estimate of drug-likeness (QED) is 0.787. The summed E-state index contributed by atoms with van der Waals surface area (Å²) in [4.78, 5) is 9.19. The lowest BCUT2D eigenvalue weighted by Gasteiger charge is -2.12. The standard InChI is InChI=1S/C18H22N4O/c1-12-9-15-18(20-10-12)22(8-7-19)16(21-15)11-23-17-13(2)5-4-6-14(17)3/h4-6,9-10H,7-8,11,19H2,1-3H3. The van der Waals surface area contributed by atoms with Crippen LogP contribution in [0.4, 0.5) is 0 Å². The van der Waals surface area contributed by atoms with Gasteiger partial charge >= 0.3 is 0 Å². The fraction of sp³-hybridized carbons (Fsp3) is 0.333. The van der Waals surface area contributed by atoms with Gasteiger partial charge < -0.3 is 15.0 Å². The molecule has 2 heterocycles. The highest BCUT2D eigenvalue weighted by atomic mass is 16.5. The monoisotopic (exact) mass is 310 g/mol. The average molecular weight is 310 g/mol. The van der Waals surface area contributed by atoms with Gasteiger partial charge in [-0.25, -0.2) is 9.97 Å². The van der Waals surface area contributed by atoms with Crippen molar-refractivity contribution in [2.75, 3.05) is 6.54 Å². The minimum Gasteiger partial charge on any atom is -0.485 e. The van der Waals surface area contributed by atoms with Crippen molar-refractivity contribution in [2.45, 2.75) is 33.9 Å². The molecule has 2 aromatic heterocycles. The van der Waals surface area contributed by atoms with Crippen molar-refractivity contribution < 1.29 is 4.74 Å². The molecule has 0 atom stereocenters. The number of ether oxygens (including phenoxy) is 1. The first-order valence-electron chi connectivity index (χ1n) is 7.81. The van der Waals surface area contributed by atoms with Crippen LogP contribution in [0, 0.1) is 20.8 Å². The highest BCUT2D eigenvalue weighted by Crippen LogP contribution is 2.24. The zero-order valence-electron chi connectivity index (χ0n) is 13.8. The van der Waals surface area contributed by atoms with E-state index in [4.69, 9.17) is 10.5 Å². The van der Waals surface area contributed by atoms with Gasteiger partial charge in [0.2, 0.25) is 0 Å². The number of fused-ring (bicyclic) bond motifs is 1. The number of rotatable bonds is 5. The number of benzene rings is 1. The van der Waals surface area contributed by atoms with Crippen molar-refractivity contribution in [3.8, 4) is 5.75 Å². The fourth-order valence-electron chi connectivity index (χ4n) is 2.80. The predicted octanol–water partition coefficient (Wildman–Crippen LogP) is 2.89. The number of aryl methyl sites for hydroxylation is 3. The Bertz CT molecular complexity index is 818. The lowest BCUT2D eigenvalue weighted by molar-refractivity contribution is 0.286. The van der Waals surface area contributed by atoms with E-state index in [0.29, 0.717) is 19.7 Å². The van der Waals surface area contributed by atoms with Gasteiger partial charge in [-0.3, -0.25) is 0 Å². The van der Waals surface area contributed by atoms with Crippen molar-refractivity contribution in [3.05, 3.63) is 53.0 Å². The lowest BCUT2D eigenvalue weighted by Crippen LogP contribution is -2.14. The maximum atomic E-state index is 6.05. The van der Waals surface area contributed by atoms with Crippen LogP contribution in [0.2, 0.25) is 0 Å². The molecule has 2 N–H and O–H groups in total. The molecular formula is C18H22N4O. The molecule has 23 heavy (non-hydrogen) atoms. The van der Waals surface area contributed by atoms with Gasteiger partial charge in [-0.15, -0.1) is 0 Å². The molecular weight excluding hydrogens is 288 g/mol. The predicted molar refractivity (Wildman–Crippen MR) is 91.6 cm³/mol. The van der Waals surface area contributed by atoms with Gasteiger partial charge in [-0.2, -0.15) is 0 Å². The Balaban J connectivity index is 1.94. The summed E-state index contributed by atoms with van der Waals surface area (Å²) in [5.41, 5.74) is 10.8. The Morgan fingerprint density at radius 2 is 1.91 bits per heavy atom. The van der Waals surface area contributed by atoms with Crippen LogP contribution in [0.25, 0.3) is 11.2 Å². The zero-order valence-corrected chi connectivity index (χ0v) is 13.8. The summed E-state index contributed by atoms with van der Waals surface area (Å²) in [6.45, 7) is 7.74. The van der Waals surface area contributed by atoms with Gasteiger partial charge in [-0.1, -0.05) is 18.2 Å². The van der Waals surface area contributed by atoms with Crippen LogP contribution in [-0.2, 0) is 13.2 Å². The van der Waals surface area contributed by atoms with E-state index >= 15 is 0 Å². The fourth-order valence-corrected chi connectivity index (χ4v) is 2.80. The number of hydrogen-bond donors (Lipinski definition) is 1. The minimum absolute atomic E-state index is 0.404. The summed E-state index contributed by atoms with van der Waals surface area (Å²) in [6, 6.07) is 8.18. The molecule has 0 saturated carbocycles. The minimum atomic E-state index is 0.404. The highest BCUT2D eigenvalue weighted by molar-refractivity contribution is 5.72. The number of aromatic nitrogens is 3. The van der Waals surface area contributed by atoms with E-state index in [1.807, 2.05) is 29.8 Å². The van der Waals surface area contributed by atoms with Gasteiger partial charge in [-0.05, 0) is 43.5 Å². The molecule has 0 bridgehead atoms. The Labute approximate surface area is 136 Å². The molecule has 3 rings (SSSR count). The molecule has 0 fully saturated rings. The summed E-state index contributed by atoms with van der Waals surface area (Å²) < 4.78 is 8.09. The molecule has 1 aromatic carbocycles. The second-order valence-electron chi connectivity index (χ2n) is 5.83. The van der Waals surface area contributed by atoms with Crippen LogP contribution in [0.3, 0.4) is 0 Å². The van der Waals surface area contributed by atoms with Crippen LogP contribution in [0.1, 0.15) is 22.5 Å². The smallest absolute Gasteiger partial charge is 0.160 e. The van der Waals surface area contributed by atoms with Crippen LogP contribution in [0.5, 0.6) is 5.75 Å². The number of pyridine rings is 1. The SMILES string of the molecule is Cc1cnc2c(c1)nc(COc1c(C)cccc1C)n2CCN. The van der Waals surface area contributed by atoms with E-state index in [9.17, 15) is 0 Å². The molecule has 5 heteroatoms. The Morgan fingerprint density at radius 1 is 1.17 bits per heavy atom. The van der Waals surface area contributed by atoms with E-state index in [1.165, 1.54) is 0 Å². The van der Waals surface area contributed by atoms with Crippen LogP contribution in [-0.4, -0.2) is 21.1 Å². The molecule has 0 radical (unpaired) electrons. The summed E-state index contributed by atoms with van der Waals surface area (Å²) in [7, 11) is 0. The number of imidazole rings is 1. The molecule has 0 aliphatic heterocycles. The molecule has 120 valence electrons. The Kier molecular flexibility index (Phi) is 4.30. The number of nitrogens with two attached hydrogens (primary N) is 1. The maximum Gasteiger partial charge on any atom is 0.160 e. The lowest BCUT2D eigenvalue weighted by atomic mass is 10.1. The molecule has 3 aromatic rings. The summed E-state index contributed by atoms with van der Waals surface area (Å²) >= 11 is 0. The molecule has 0 spiro atoms. The normalized spacial score (nSPS) is 11.1. The first-order chi connectivity index (χ1) is 11.1. The zero-order chi connectivity index (χ0) is 16.4.